The van der Waals surface area contributed by atoms with E-state index in [0.29, 0.717) is 23.2 Å². The van der Waals surface area contributed by atoms with E-state index in [-0.39, 0.29) is 5.75 Å². The van der Waals surface area contributed by atoms with Crippen LogP contribution in [0.5, 0.6) is 5.75 Å². The van der Waals surface area contributed by atoms with Gasteiger partial charge in [0.1, 0.15) is 5.75 Å². The van der Waals surface area contributed by atoms with Crippen LogP contribution in [0.3, 0.4) is 0 Å². The van der Waals surface area contributed by atoms with Crippen molar-refractivity contribution >= 4 is 23.4 Å². The molecule has 1 N–H and O–H groups in total. The highest BCUT2D eigenvalue weighted by atomic mass is 32.1. The van der Waals surface area contributed by atoms with Crippen molar-refractivity contribution in [2.24, 2.45) is 5.92 Å². The van der Waals surface area contributed by atoms with Crippen LogP contribution in [0.1, 0.15) is 30.5 Å². The number of aromatic nitrogens is 3. The summed E-state index contributed by atoms with van der Waals surface area (Å²) < 4.78 is 43.1. The average molecular weight is 379 g/mol. The quantitative estimate of drug-likeness (QED) is 0.637. The lowest BCUT2D eigenvalue weighted by atomic mass is 10.2. The standard InChI is InChI=1S/C18H16F3N3OS/c1-10-8-13(10)14-6-7-15-16(22-14)24(17(26)23-15)9-11-2-4-12(5-3-11)25-18(19,20)21/h2-7,10,13H,8-9H2,1H3,(H,23,26)/t10?,13-/m0/s1. The van der Waals surface area contributed by atoms with E-state index in [4.69, 9.17) is 17.2 Å². The van der Waals surface area contributed by atoms with Crippen LogP contribution in [0.4, 0.5) is 13.2 Å². The van der Waals surface area contributed by atoms with Crippen LogP contribution in [0.25, 0.3) is 11.2 Å². The Labute approximate surface area is 152 Å². The van der Waals surface area contributed by atoms with Crippen molar-refractivity contribution in [3.05, 3.63) is 52.4 Å². The van der Waals surface area contributed by atoms with Gasteiger partial charge in [-0.05, 0) is 54.4 Å². The first-order chi connectivity index (χ1) is 12.3. The van der Waals surface area contributed by atoms with E-state index in [1.807, 2.05) is 16.7 Å². The predicted molar refractivity (Wildman–Crippen MR) is 93.7 cm³/mol. The number of benzene rings is 1. The van der Waals surface area contributed by atoms with Crippen LogP contribution >= 0.6 is 12.2 Å². The third kappa shape index (κ3) is 3.46. The molecular formula is C18H16F3N3OS. The second-order valence-corrected chi connectivity index (χ2v) is 7.02. The average Bonchev–Trinajstić information content (AvgIpc) is 3.22. The Morgan fingerprint density at radius 1 is 1.23 bits per heavy atom. The van der Waals surface area contributed by atoms with Crippen LogP contribution in [-0.4, -0.2) is 20.9 Å². The Balaban J connectivity index is 1.62. The second-order valence-electron chi connectivity index (χ2n) is 6.63. The minimum atomic E-state index is -4.69. The number of nitrogens with one attached hydrogen (secondary N) is 1. The molecule has 0 saturated heterocycles. The monoisotopic (exact) mass is 379 g/mol. The summed E-state index contributed by atoms with van der Waals surface area (Å²) >= 11 is 5.39. The molecule has 4 rings (SSSR count). The third-order valence-corrected chi connectivity index (χ3v) is 4.95. The van der Waals surface area contributed by atoms with Crippen molar-refractivity contribution < 1.29 is 17.9 Å². The number of hydrogen-bond donors (Lipinski definition) is 1. The summed E-state index contributed by atoms with van der Waals surface area (Å²) in [6.07, 6.45) is -3.55. The molecule has 0 amide bonds. The summed E-state index contributed by atoms with van der Waals surface area (Å²) in [5.41, 5.74) is 3.48. The van der Waals surface area contributed by atoms with E-state index in [0.717, 1.165) is 28.8 Å². The molecule has 1 aliphatic carbocycles. The van der Waals surface area contributed by atoms with Gasteiger partial charge < -0.3 is 9.72 Å². The van der Waals surface area contributed by atoms with E-state index in [9.17, 15) is 13.2 Å². The highest BCUT2D eigenvalue weighted by Crippen LogP contribution is 2.46. The summed E-state index contributed by atoms with van der Waals surface area (Å²) in [6.45, 7) is 2.62. The molecule has 2 atom stereocenters. The molecule has 1 saturated carbocycles. The van der Waals surface area contributed by atoms with Crippen molar-refractivity contribution in [2.75, 3.05) is 0 Å². The molecule has 26 heavy (non-hydrogen) atoms. The molecule has 0 spiro atoms. The van der Waals surface area contributed by atoms with Gasteiger partial charge in [-0.3, -0.25) is 4.57 Å². The van der Waals surface area contributed by atoms with Crippen LogP contribution in [0.2, 0.25) is 0 Å². The maximum atomic E-state index is 12.3. The van der Waals surface area contributed by atoms with Crippen molar-refractivity contribution in [1.82, 2.24) is 14.5 Å². The number of nitrogens with zero attached hydrogens (tertiary/aromatic N) is 2. The van der Waals surface area contributed by atoms with Crippen molar-refractivity contribution in [1.29, 1.82) is 0 Å². The first-order valence-corrected chi connectivity index (χ1v) is 8.65. The van der Waals surface area contributed by atoms with Gasteiger partial charge in [0.2, 0.25) is 0 Å². The molecule has 1 unspecified atom stereocenters. The zero-order valence-corrected chi connectivity index (χ0v) is 14.7. The number of rotatable bonds is 4. The van der Waals surface area contributed by atoms with E-state index < -0.39 is 6.36 Å². The first-order valence-electron chi connectivity index (χ1n) is 8.24. The smallest absolute Gasteiger partial charge is 0.406 e. The SMILES string of the molecule is CC1C[C@@H]1c1ccc2[nH]c(=S)n(Cc3ccc(OC(F)(F)F)cc3)c2n1. The van der Waals surface area contributed by atoms with E-state index >= 15 is 0 Å². The number of alkyl halides is 3. The molecule has 0 aliphatic heterocycles. The van der Waals surface area contributed by atoms with E-state index in [1.54, 1.807) is 12.1 Å². The van der Waals surface area contributed by atoms with Gasteiger partial charge in [0, 0.05) is 11.6 Å². The number of hydrogen-bond acceptors (Lipinski definition) is 3. The van der Waals surface area contributed by atoms with Crippen LogP contribution in [0.15, 0.2) is 36.4 Å². The van der Waals surface area contributed by atoms with Gasteiger partial charge in [-0.2, -0.15) is 0 Å². The van der Waals surface area contributed by atoms with Gasteiger partial charge in [-0.1, -0.05) is 19.1 Å². The Kier molecular flexibility index (Phi) is 4.02. The largest absolute Gasteiger partial charge is 0.573 e. The predicted octanol–water partition coefficient (Wildman–Crippen LogP) is 5.16. The number of aromatic amines is 1. The van der Waals surface area contributed by atoms with E-state index in [1.165, 1.54) is 12.1 Å². The zero-order valence-electron chi connectivity index (χ0n) is 13.9. The van der Waals surface area contributed by atoms with Gasteiger partial charge in [0.25, 0.3) is 0 Å². The highest BCUT2D eigenvalue weighted by Gasteiger charge is 2.35. The van der Waals surface area contributed by atoms with Crippen molar-refractivity contribution in [3.63, 3.8) is 0 Å². The number of pyridine rings is 1. The van der Waals surface area contributed by atoms with Gasteiger partial charge in [-0.15, -0.1) is 13.2 Å². The summed E-state index contributed by atoms with van der Waals surface area (Å²) in [5.74, 6) is 0.901. The number of imidazole rings is 1. The molecule has 8 heteroatoms. The van der Waals surface area contributed by atoms with Gasteiger partial charge >= 0.3 is 6.36 Å². The Hall–Kier alpha value is -2.35. The Morgan fingerprint density at radius 3 is 2.54 bits per heavy atom. The van der Waals surface area contributed by atoms with Gasteiger partial charge in [0.05, 0.1) is 12.1 Å². The first kappa shape index (κ1) is 17.1. The molecule has 1 fully saturated rings. The maximum Gasteiger partial charge on any atom is 0.573 e. The fourth-order valence-corrected chi connectivity index (χ4v) is 3.37. The fraction of sp³-hybridized carbons (Fsp3) is 0.333. The number of H-pyrrole nitrogens is 1. The van der Waals surface area contributed by atoms with Crippen LogP contribution in [-0.2, 0) is 6.54 Å². The molecule has 0 radical (unpaired) electrons. The normalized spacial score (nSPS) is 19.7. The molecule has 1 aliphatic rings. The fourth-order valence-electron chi connectivity index (χ4n) is 3.11. The lowest BCUT2D eigenvalue weighted by Crippen LogP contribution is -2.17. The summed E-state index contributed by atoms with van der Waals surface area (Å²) in [6, 6.07) is 9.78. The zero-order chi connectivity index (χ0) is 18.5. The molecule has 2 heterocycles. The molecule has 2 aromatic heterocycles. The minimum Gasteiger partial charge on any atom is -0.406 e. The Bertz CT molecular complexity index is 1010. The number of halogens is 3. The lowest BCUT2D eigenvalue weighted by molar-refractivity contribution is -0.274. The second kappa shape index (κ2) is 6.12. The third-order valence-electron chi connectivity index (χ3n) is 4.63. The molecule has 4 nitrogen and oxygen atoms in total. The lowest BCUT2D eigenvalue weighted by Gasteiger charge is -2.10. The molecule has 0 bridgehead atoms. The molecule has 1 aromatic carbocycles. The topological polar surface area (TPSA) is 42.8 Å². The summed E-state index contributed by atoms with van der Waals surface area (Å²) in [7, 11) is 0. The van der Waals surface area contributed by atoms with Crippen molar-refractivity contribution in [2.45, 2.75) is 32.2 Å². The van der Waals surface area contributed by atoms with Crippen molar-refractivity contribution in [3.8, 4) is 5.75 Å². The molecule has 136 valence electrons. The minimum absolute atomic E-state index is 0.244. The molecule has 3 aromatic rings. The Morgan fingerprint density at radius 2 is 1.92 bits per heavy atom. The highest BCUT2D eigenvalue weighted by molar-refractivity contribution is 7.71. The van der Waals surface area contributed by atoms with Gasteiger partial charge in [-0.25, -0.2) is 4.98 Å². The summed E-state index contributed by atoms with van der Waals surface area (Å²) in [5, 5.41) is 0. The van der Waals surface area contributed by atoms with Gasteiger partial charge in [0.15, 0.2) is 10.4 Å². The molecular weight excluding hydrogens is 363 g/mol. The van der Waals surface area contributed by atoms with E-state index in [2.05, 4.69) is 16.6 Å². The van der Waals surface area contributed by atoms with Crippen LogP contribution in [0, 0.1) is 10.7 Å². The van der Waals surface area contributed by atoms with Crippen LogP contribution < -0.4 is 4.74 Å². The number of fused-ring (bicyclic) bond motifs is 1. The summed E-state index contributed by atoms with van der Waals surface area (Å²) in [4.78, 5) is 7.89. The number of ether oxygens (including phenoxy) is 1. The maximum absolute atomic E-state index is 12.3.